The Balaban J connectivity index is 2.89. The van der Waals surface area contributed by atoms with Crippen molar-refractivity contribution in [3.8, 4) is 6.19 Å². The highest BCUT2D eigenvalue weighted by Crippen LogP contribution is 2.12. The number of rotatable bonds is 0. The lowest BCUT2D eigenvalue weighted by Crippen LogP contribution is -1.98. The second kappa shape index (κ2) is 2.36. The molecule has 0 unspecified atom stereocenters. The van der Waals surface area contributed by atoms with Crippen LogP contribution in [0.2, 0.25) is 0 Å². The summed E-state index contributed by atoms with van der Waals surface area (Å²) in [5.74, 6) is 1.25. The highest BCUT2D eigenvalue weighted by atomic mass is 32.2. The Hall–Kier alpha value is -0.560. The topological polar surface area (TPSA) is 53.2 Å². The molecule has 0 amide bonds. The first-order valence-corrected chi connectivity index (χ1v) is 4.73. The van der Waals surface area contributed by atoms with Crippen LogP contribution < -0.4 is 0 Å². The Morgan fingerprint density at radius 3 is 2.44 bits per heavy atom. The lowest BCUT2D eigenvalue weighted by atomic mass is 10.4. The number of hydrogen-bond donors (Lipinski definition) is 0. The molecule has 0 aromatic heterocycles. The third-order valence-electron chi connectivity index (χ3n) is 1.38. The summed E-state index contributed by atoms with van der Waals surface area (Å²) in [4.78, 5) is 0. The maximum absolute atomic E-state index is 11.2. The van der Waals surface area contributed by atoms with Crippen LogP contribution in [0.25, 0.3) is 0 Å². The third kappa shape index (κ3) is 1.42. The third-order valence-corrected chi connectivity index (χ3v) is 3.65. The van der Waals surface area contributed by atoms with E-state index in [1.165, 1.54) is 0 Å². The molecule has 1 aliphatic rings. The summed E-state index contributed by atoms with van der Waals surface area (Å²) in [6, 6.07) is 0. The van der Waals surface area contributed by atoms with E-state index in [0.29, 0.717) is 11.5 Å². The van der Waals surface area contributed by atoms with Gasteiger partial charge in [-0.1, -0.05) is 0 Å². The van der Waals surface area contributed by atoms with Gasteiger partial charge in [0.15, 0.2) is 0 Å². The fourth-order valence-corrected chi connectivity index (χ4v) is 2.77. The fraction of sp³-hybridized carbons (Fsp3) is 0.800. The van der Waals surface area contributed by atoms with Gasteiger partial charge in [0.05, 0.1) is 9.73 Å². The van der Waals surface area contributed by atoms with Crippen molar-refractivity contribution in [2.45, 2.75) is 12.8 Å². The van der Waals surface area contributed by atoms with E-state index >= 15 is 0 Å². The number of nitrogens with zero attached hydrogens (tertiary/aromatic N) is 2. The van der Waals surface area contributed by atoms with Gasteiger partial charge in [-0.05, 0) is 12.8 Å². The van der Waals surface area contributed by atoms with Crippen molar-refractivity contribution in [3.63, 3.8) is 0 Å². The summed E-state index contributed by atoms with van der Waals surface area (Å²) < 4.78 is 14.6. The zero-order valence-corrected chi connectivity index (χ0v) is 5.86. The highest BCUT2D eigenvalue weighted by molar-refractivity contribution is 7.93. The van der Waals surface area contributed by atoms with E-state index in [-0.39, 0.29) is 0 Å². The summed E-state index contributed by atoms with van der Waals surface area (Å²) in [6.07, 6.45) is 3.52. The molecule has 0 bridgehead atoms. The molecule has 1 rings (SSSR count). The highest BCUT2D eigenvalue weighted by Gasteiger charge is 2.15. The second-order valence-electron chi connectivity index (χ2n) is 2.08. The maximum Gasteiger partial charge on any atom is 0.214 e. The van der Waals surface area contributed by atoms with Gasteiger partial charge in [0.25, 0.3) is 0 Å². The average Bonchev–Trinajstić information content (AvgIpc) is 2.16. The monoisotopic (exact) mass is 144 g/mol. The van der Waals surface area contributed by atoms with Crippen molar-refractivity contribution in [2.75, 3.05) is 11.5 Å². The molecule has 3 nitrogen and oxygen atoms in total. The molecule has 9 heavy (non-hydrogen) atoms. The molecule has 0 saturated carbocycles. The van der Waals surface area contributed by atoms with E-state index in [9.17, 15) is 4.21 Å². The smallest absolute Gasteiger partial charge is 0.214 e. The predicted octanol–water partition coefficient (Wildman–Crippen LogP) is 0.729. The quantitative estimate of drug-likeness (QED) is 0.470. The first-order valence-electron chi connectivity index (χ1n) is 2.87. The van der Waals surface area contributed by atoms with Gasteiger partial charge in [-0.25, -0.2) is 4.21 Å². The van der Waals surface area contributed by atoms with E-state index in [2.05, 4.69) is 4.36 Å². The zero-order valence-electron chi connectivity index (χ0n) is 5.04. The van der Waals surface area contributed by atoms with Gasteiger partial charge < -0.3 is 0 Å². The molecule has 4 heteroatoms. The molecule has 1 saturated heterocycles. The SMILES string of the molecule is N#CN=S1(=O)CCCC1. The minimum absolute atomic E-state index is 0.626. The van der Waals surface area contributed by atoms with Gasteiger partial charge in [0, 0.05) is 11.5 Å². The molecule has 1 aliphatic heterocycles. The van der Waals surface area contributed by atoms with Crippen LogP contribution in [0.15, 0.2) is 4.36 Å². The molecular weight excluding hydrogens is 136 g/mol. The van der Waals surface area contributed by atoms with Crippen molar-refractivity contribution in [3.05, 3.63) is 0 Å². The lowest BCUT2D eigenvalue weighted by Gasteiger charge is -1.90. The van der Waals surface area contributed by atoms with E-state index in [1.807, 2.05) is 0 Å². The van der Waals surface area contributed by atoms with Crippen LogP contribution in [0.1, 0.15) is 12.8 Å². The van der Waals surface area contributed by atoms with Crippen LogP contribution >= 0.6 is 0 Å². The largest absolute Gasteiger partial charge is 0.249 e. The van der Waals surface area contributed by atoms with Crippen LogP contribution in [0, 0.1) is 11.5 Å². The van der Waals surface area contributed by atoms with Gasteiger partial charge >= 0.3 is 0 Å². The predicted molar refractivity (Wildman–Crippen MR) is 35.2 cm³/mol. The van der Waals surface area contributed by atoms with Crippen molar-refractivity contribution in [2.24, 2.45) is 4.36 Å². The Kier molecular flexibility index (Phi) is 1.72. The standard InChI is InChI=1S/C5H8N2OS/c6-5-7-9(8)3-1-2-4-9/h1-4H2. The maximum atomic E-state index is 11.2. The van der Waals surface area contributed by atoms with Gasteiger partial charge in [0.1, 0.15) is 0 Å². The van der Waals surface area contributed by atoms with Crippen molar-refractivity contribution in [1.29, 1.82) is 5.26 Å². The molecule has 50 valence electrons. The van der Waals surface area contributed by atoms with Crippen LogP contribution in [0.5, 0.6) is 0 Å². The molecule has 0 spiro atoms. The van der Waals surface area contributed by atoms with Gasteiger partial charge in [-0.3, -0.25) is 0 Å². The summed E-state index contributed by atoms with van der Waals surface area (Å²) >= 11 is 0. The fourth-order valence-electron chi connectivity index (χ4n) is 0.923. The minimum atomic E-state index is -2.04. The van der Waals surface area contributed by atoms with Crippen LogP contribution in [0.3, 0.4) is 0 Å². The first-order chi connectivity index (χ1) is 4.27. The van der Waals surface area contributed by atoms with Gasteiger partial charge in [0.2, 0.25) is 6.19 Å². The zero-order chi connectivity index (χ0) is 6.74. The van der Waals surface area contributed by atoms with E-state index in [4.69, 9.17) is 5.26 Å². The molecule has 0 aliphatic carbocycles. The summed E-state index contributed by atoms with van der Waals surface area (Å²) in [5.41, 5.74) is 0. The van der Waals surface area contributed by atoms with Crippen LogP contribution in [-0.4, -0.2) is 15.7 Å². The normalized spacial score (nSPS) is 23.0. The number of nitriles is 1. The number of hydrogen-bond acceptors (Lipinski definition) is 3. The van der Waals surface area contributed by atoms with Crippen molar-refractivity contribution in [1.82, 2.24) is 0 Å². The van der Waals surface area contributed by atoms with Crippen LogP contribution in [0.4, 0.5) is 0 Å². The van der Waals surface area contributed by atoms with E-state index < -0.39 is 9.73 Å². The van der Waals surface area contributed by atoms with Crippen molar-refractivity contribution < 1.29 is 4.21 Å². The van der Waals surface area contributed by atoms with E-state index in [0.717, 1.165) is 12.8 Å². The molecule has 0 aromatic rings. The Morgan fingerprint density at radius 2 is 2.00 bits per heavy atom. The van der Waals surface area contributed by atoms with Gasteiger partial charge in [-0.2, -0.15) is 5.26 Å². The van der Waals surface area contributed by atoms with Crippen molar-refractivity contribution >= 4 is 9.73 Å². The molecular formula is C5H8N2OS. The van der Waals surface area contributed by atoms with Gasteiger partial charge in [-0.15, -0.1) is 4.36 Å². The molecule has 0 N–H and O–H groups in total. The summed E-state index contributed by atoms with van der Waals surface area (Å²) in [5, 5.41) is 8.10. The molecule has 0 atom stereocenters. The lowest BCUT2D eigenvalue weighted by molar-refractivity contribution is 0.681. The van der Waals surface area contributed by atoms with E-state index in [1.54, 1.807) is 6.19 Å². The molecule has 1 fully saturated rings. The first kappa shape index (κ1) is 6.56. The Labute approximate surface area is 54.9 Å². The van der Waals surface area contributed by atoms with Crippen LogP contribution in [-0.2, 0) is 9.73 Å². The summed E-state index contributed by atoms with van der Waals surface area (Å²) in [6.45, 7) is 0. The molecule has 1 heterocycles. The summed E-state index contributed by atoms with van der Waals surface area (Å²) in [7, 11) is -2.04. The Morgan fingerprint density at radius 1 is 1.44 bits per heavy atom. The minimum Gasteiger partial charge on any atom is -0.249 e. The Bertz CT molecular complexity index is 232. The average molecular weight is 144 g/mol. The second-order valence-corrected chi connectivity index (χ2v) is 4.62. The molecule has 0 aromatic carbocycles. The molecule has 0 radical (unpaired) electrons.